The van der Waals surface area contributed by atoms with E-state index in [1.165, 1.54) is 0 Å². The SMILES string of the molecule is COc1cc(B2OC(C)(C)C(C)(C)O2)cc(OC)c1CN(C)CC(=O)OC(C)(C)C. The molecule has 7 nitrogen and oxygen atoms in total. The smallest absolute Gasteiger partial charge is 0.495 e. The van der Waals surface area contributed by atoms with Gasteiger partial charge < -0.3 is 23.5 Å². The molecule has 0 aliphatic carbocycles. The Hall–Kier alpha value is -1.77. The number of carbonyl (C=O) groups is 1. The van der Waals surface area contributed by atoms with Crippen LogP contribution in [0, 0.1) is 0 Å². The Morgan fingerprint density at radius 2 is 1.50 bits per heavy atom. The van der Waals surface area contributed by atoms with Crippen LogP contribution in [0.2, 0.25) is 0 Å². The number of rotatable bonds is 7. The topological polar surface area (TPSA) is 66.5 Å². The molecular formula is C22H36BNO6. The lowest BCUT2D eigenvalue weighted by Crippen LogP contribution is -2.41. The van der Waals surface area contributed by atoms with Crippen LogP contribution in [0.15, 0.2) is 12.1 Å². The Kier molecular flexibility index (Phi) is 7.16. The van der Waals surface area contributed by atoms with Gasteiger partial charge in [-0.2, -0.15) is 0 Å². The van der Waals surface area contributed by atoms with Crippen LogP contribution < -0.4 is 14.9 Å². The standard InChI is InChI=1S/C22H36BNO6/c1-20(2,3)28-19(25)14-24(8)13-16-17(26-9)11-15(12-18(16)27-10)23-29-21(4,5)22(6,7)30-23/h11-12H,13-14H2,1-10H3. The van der Waals surface area contributed by atoms with Crippen molar-refractivity contribution in [1.82, 2.24) is 4.90 Å². The molecule has 1 aromatic carbocycles. The first-order valence-electron chi connectivity index (χ1n) is 10.2. The van der Waals surface area contributed by atoms with E-state index < -0.39 is 23.9 Å². The average molecular weight is 421 g/mol. The second-order valence-electron chi connectivity index (χ2n) is 9.75. The highest BCUT2D eigenvalue weighted by Crippen LogP contribution is 2.37. The molecule has 30 heavy (non-hydrogen) atoms. The molecule has 1 aromatic rings. The first-order valence-corrected chi connectivity index (χ1v) is 10.2. The van der Waals surface area contributed by atoms with Crippen LogP contribution in [0.3, 0.4) is 0 Å². The van der Waals surface area contributed by atoms with Crippen molar-refractivity contribution >= 4 is 18.6 Å². The quantitative estimate of drug-likeness (QED) is 0.496. The maximum absolute atomic E-state index is 12.2. The Labute approximate surface area is 181 Å². The highest BCUT2D eigenvalue weighted by molar-refractivity contribution is 6.62. The van der Waals surface area contributed by atoms with Crippen molar-refractivity contribution in [2.75, 3.05) is 27.8 Å². The van der Waals surface area contributed by atoms with E-state index >= 15 is 0 Å². The van der Waals surface area contributed by atoms with Crippen molar-refractivity contribution in [2.45, 2.75) is 71.8 Å². The van der Waals surface area contributed by atoms with Gasteiger partial charge in [-0.25, -0.2) is 0 Å². The van der Waals surface area contributed by atoms with Crippen LogP contribution in [0.5, 0.6) is 11.5 Å². The van der Waals surface area contributed by atoms with E-state index in [0.717, 1.165) is 11.0 Å². The molecule has 0 aromatic heterocycles. The van der Waals surface area contributed by atoms with Gasteiger partial charge in [0.2, 0.25) is 0 Å². The molecule has 0 radical (unpaired) electrons. The minimum atomic E-state index is -0.522. The van der Waals surface area contributed by atoms with Gasteiger partial charge in [0.05, 0.1) is 37.5 Å². The van der Waals surface area contributed by atoms with Crippen molar-refractivity contribution < 1.29 is 28.3 Å². The number of ether oxygens (including phenoxy) is 3. The molecule has 1 saturated heterocycles. The highest BCUT2D eigenvalue weighted by atomic mass is 16.7. The number of methoxy groups -OCH3 is 2. The van der Waals surface area contributed by atoms with E-state index in [0.29, 0.717) is 18.0 Å². The molecule has 1 heterocycles. The number of hydrogen-bond donors (Lipinski definition) is 0. The molecule has 1 aliphatic rings. The molecule has 168 valence electrons. The zero-order chi connectivity index (χ0) is 22.9. The fourth-order valence-corrected chi connectivity index (χ4v) is 3.20. The third kappa shape index (κ3) is 5.68. The van der Waals surface area contributed by atoms with Crippen molar-refractivity contribution in [3.63, 3.8) is 0 Å². The molecule has 0 amide bonds. The van der Waals surface area contributed by atoms with Crippen LogP contribution in [-0.4, -0.2) is 62.6 Å². The fraction of sp³-hybridized carbons (Fsp3) is 0.682. The molecule has 0 saturated carbocycles. The minimum Gasteiger partial charge on any atom is -0.496 e. The summed E-state index contributed by atoms with van der Waals surface area (Å²) in [6.07, 6.45) is 0. The van der Waals surface area contributed by atoms with Gasteiger partial charge in [0.1, 0.15) is 17.1 Å². The minimum absolute atomic E-state index is 0.155. The molecule has 0 atom stereocenters. The van der Waals surface area contributed by atoms with E-state index in [1.54, 1.807) is 14.2 Å². The largest absolute Gasteiger partial charge is 0.496 e. The number of carbonyl (C=O) groups excluding carboxylic acids is 1. The van der Waals surface area contributed by atoms with E-state index in [-0.39, 0.29) is 12.5 Å². The summed E-state index contributed by atoms with van der Waals surface area (Å²) in [5.41, 5.74) is 0.263. The summed E-state index contributed by atoms with van der Waals surface area (Å²) in [5, 5.41) is 0. The third-order valence-corrected chi connectivity index (χ3v) is 5.40. The van der Waals surface area contributed by atoms with Crippen molar-refractivity contribution in [1.29, 1.82) is 0 Å². The van der Waals surface area contributed by atoms with E-state index in [4.69, 9.17) is 23.5 Å². The zero-order valence-electron chi connectivity index (χ0n) is 20.0. The van der Waals surface area contributed by atoms with Gasteiger partial charge in [-0.1, -0.05) is 0 Å². The van der Waals surface area contributed by atoms with Crippen LogP contribution in [0.1, 0.15) is 54.0 Å². The zero-order valence-corrected chi connectivity index (χ0v) is 20.0. The predicted octanol–water partition coefficient (Wildman–Crippen LogP) is 2.78. The fourth-order valence-electron chi connectivity index (χ4n) is 3.20. The molecular weight excluding hydrogens is 385 g/mol. The summed E-state index contributed by atoms with van der Waals surface area (Å²) < 4.78 is 29.0. The lowest BCUT2D eigenvalue weighted by atomic mass is 9.78. The van der Waals surface area contributed by atoms with Crippen LogP contribution in [0.25, 0.3) is 0 Å². The van der Waals surface area contributed by atoms with E-state index in [2.05, 4.69) is 0 Å². The van der Waals surface area contributed by atoms with Crippen LogP contribution in [0.4, 0.5) is 0 Å². The molecule has 0 bridgehead atoms. The van der Waals surface area contributed by atoms with Crippen molar-refractivity contribution in [3.05, 3.63) is 17.7 Å². The van der Waals surface area contributed by atoms with E-state index in [1.807, 2.05) is 72.5 Å². The molecule has 2 rings (SSSR count). The van der Waals surface area contributed by atoms with Crippen LogP contribution >= 0.6 is 0 Å². The summed E-state index contributed by atoms with van der Waals surface area (Å²) in [6.45, 7) is 14.2. The lowest BCUT2D eigenvalue weighted by Gasteiger charge is -2.32. The number of esters is 1. The molecule has 8 heteroatoms. The number of likely N-dealkylation sites (N-methyl/N-ethyl adjacent to an activating group) is 1. The Morgan fingerprint density at radius 1 is 1.03 bits per heavy atom. The number of benzene rings is 1. The predicted molar refractivity (Wildman–Crippen MR) is 117 cm³/mol. The molecule has 0 spiro atoms. The monoisotopic (exact) mass is 421 g/mol. The molecule has 0 unspecified atom stereocenters. The normalized spacial score (nSPS) is 17.9. The highest BCUT2D eigenvalue weighted by Gasteiger charge is 2.52. The number of nitrogens with zero attached hydrogens (tertiary/aromatic N) is 1. The van der Waals surface area contributed by atoms with Gasteiger partial charge >= 0.3 is 13.1 Å². The van der Waals surface area contributed by atoms with Gasteiger partial charge in [0.25, 0.3) is 0 Å². The van der Waals surface area contributed by atoms with Gasteiger partial charge in [0.15, 0.2) is 0 Å². The van der Waals surface area contributed by atoms with E-state index in [9.17, 15) is 4.79 Å². The van der Waals surface area contributed by atoms with Crippen molar-refractivity contribution in [2.24, 2.45) is 0 Å². The first kappa shape index (κ1) is 24.5. The summed E-state index contributed by atoms with van der Waals surface area (Å²) in [7, 11) is 4.55. The third-order valence-electron chi connectivity index (χ3n) is 5.40. The van der Waals surface area contributed by atoms with Gasteiger partial charge in [-0.15, -0.1) is 0 Å². The maximum atomic E-state index is 12.2. The summed E-state index contributed by atoms with van der Waals surface area (Å²) in [4.78, 5) is 14.0. The van der Waals surface area contributed by atoms with Gasteiger partial charge in [-0.05, 0) is 73.1 Å². The summed E-state index contributed by atoms with van der Waals surface area (Å²) >= 11 is 0. The van der Waals surface area contributed by atoms with Gasteiger partial charge in [0, 0.05) is 6.54 Å². The summed E-state index contributed by atoms with van der Waals surface area (Å²) in [5.74, 6) is 1.02. The second kappa shape index (κ2) is 8.77. The Morgan fingerprint density at radius 3 is 1.90 bits per heavy atom. The van der Waals surface area contributed by atoms with Crippen LogP contribution in [-0.2, 0) is 25.4 Å². The Bertz CT molecular complexity index is 730. The lowest BCUT2D eigenvalue weighted by molar-refractivity contribution is -0.155. The molecule has 0 N–H and O–H groups in total. The maximum Gasteiger partial charge on any atom is 0.495 e. The Balaban J connectivity index is 2.24. The summed E-state index contributed by atoms with van der Waals surface area (Å²) in [6, 6.07) is 3.81. The molecule has 1 fully saturated rings. The van der Waals surface area contributed by atoms with Gasteiger partial charge in [-0.3, -0.25) is 9.69 Å². The molecule has 1 aliphatic heterocycles. The average Bonchev–Trinajstić information content (AvgIpc) is 2.80. The second-order valence-corrected chi connectivity index (χ2v) is 9.75. The first-order chi connectivity index (χ1) is 13.7. The number of hydrogen-bond acceptors (Lipinski definition) is 7. The van der Waals surface area contributed by atoms with Crippen molar-refractivity contribution in [3.8, 4) is 11.5 Å².